The van der Waals surface area contributed by atoms with Crippen LogP contribution in [0.4, 0.5) is 0 Å². The third kappa shape index (κ3) is 3.67. The molecule has 1 aromatic heterocycles. The molecule has 3 rings (SSSR count). The van der Waals surface area contributed by atoms with Gasteiger partial charge >= 0.3 is 5.97 Å². The molecule has 0 radical (unpaired) electrons. The fraction of sp³-hybridized carbons (Fsp3) is 0.0556. The molecule has 0 spiro atoms. The normalized spacial score (nSPS) is 11.2. The average Bonchev–Trinajstić information content (AvgIpc) is 2.65. The molecule has 0 bridgehead atoms. The molecule has 0 amide bonds. The second-order valence-electron chi connectivity index (χ2n) is 4.95. The first-order valence-corrected chi connectivity index (χ1v) is 7.29. The summed E-state index contributed by atoms with van der Waals surface area (Å²) >= 11 is 0. The van der Waals surface area contributed by atoms with Crippen molar-refractivity contribution >= 4 is 22.7 Å². The molecule has 0 atom stereocenters. The Morgan fingerprint density at radius 3 is 2.67 bits per heavy atom. The topological polar surface area (TPSA) is 86.8 Å². The summed E-state index contributed by atoms with van der Waals surface area (Å²) in [5.41, 5.74) is 6.85. The van der Waals surface area contributed by atoms with Crippen molar-refractivity contribution in [3.63, 3.8) is 0 Å². The van der Waals surface area contributed by atoms with Gasteiger partial charge in [0.2, 0.25) is 0 Å². The van der Waals surface area contributed by atoms with Crippen molar-refractivity contribution in [3.8, 4) is 5.75 Å². The van der Waals surface area contributed by atoms with E-state index in [1.807, 2.05) is 24.3 Å². The number of carbonyl (C=O) groups excluding carboxylic acids is 1. The lowest BCUT2D eigenvalue weighted by Gasteiger charge is -2.07. The highest BCUT2D eigenvalue weighted by atomic mass is 16.7. The molecular formula is C18H15N3O3. The van der Waals surface area contributed by atoms with Gasteiger partial charge in [-0.05, 0) is 24.3 Å². The van der Waals surface area contributed by atoms with Gasteiger partial charge in [0.25, 0.3) is 0 Å². The summed E-state index contributed by atoms with van der Waals surface area (Å²) in [6.45, 7) is -0.0161. The summed E-state index contributed by atoms with van der Waals surface area (Å²) in [5, 5.41) is 4.55. The van der Waals surface area contributed by atoms with E-state index in [1.54, 1.807) is 42.6 Å². The zero-order valence-corrected chi connectivity index (χ0v) is 12.8. The number of aromatic nitrogens is 1. The number of pyridine rings is 1. The van der Waals surface area contributed by atoms with Gasteiger partial charge in [0, 0.05) is 11.6 Å². The maximum atomic E-state index is 11.8. The molecule has 2 aromatic carbocycles. The first-order chi connectivity index (χ1) is 11.7. The predicted octanol–water partition coefficient (Wildman–Crippen LogP) is 2.74. The Labute approximate surface area is 138 Å². The molecule has 6 nitrogen and oxygen atoms in total. The smallest absolute Gasteiger partial charge is 0.365 e. The lowest BCUT2D eigenvalue weighted by atomic mass is 10.2. The number of carbonyl (C=O) groups is 1. The quantitative estimate of drug-likeness (QED) is 0.338. The molecule has 0 aliphatic rings. The van der Waals surface area contributed by atoms with Crippen LogP contribution in [0.3, 0.4) is 0 Å². The number of hydrogen-bond donors (Lipinski definition) is 1. The number of oxime groups is 1. The fourth-order valence-electron chi connectivity index (χ4n) is 2.10. The molecule has 0 saturated carbocycles. The van der Waals surface area contributed by atoms with Gasteiger partial charge in [0.05, 0.1) is 5.56 Å². The summed E-state index contributed by atoms with van der Waals surface area (Å²) in [7, 11) is 0. The Bertz CT molecular complexity index is 874. The molecule has 6 heteroatoms. The van der Waals surface area contributed by atoms with Gasteiger partial charge in [0.15, 0.2) is 5.84 Å². The van der Waals surface area contributed by atoms with E-state index in [4.69, 9.17) is 15.3 Å². The average molecular weight is 321 g/mol. The van der Waals surface area contributed by atoms with Crippen LogP contribution in [0.1, 0.15) is 10.4 Å². The first kappa shape index (κ1) is 15.5. The van der Waals surface area contributed by atoms with Crippen LogP contribution in [-0.2, 0) is 4.84 Å². The van der Waals surface area contributed by atoms with Crippen molar-refractivity contribution in [3.05, 3.63) is 72.4 Å². The molecule has 0 saturated heterocycles. The van der Waals surface area contributed by atoms with E-state index in [-0.39, 0.29) is 12.4 Å². The van der Waals surface area contributed by atoms with Gasteiger partial charge in [-0.1, -0.05) is 41.6 Å². The summed E-state index contributed by atoms with van der Waals surface area (Å²) in [5.74, 6) is 0.0539. The highest BCUT2D eigenvalue weighted by Crippen LogP contribution is 2.22. The number of amidine groups is 1. The highest BCUT2D eigenvalue weighted by Gasteiger charge is 2.07. The van der Waals surface area contributed by atoms with Gasteiger partial charge in [-0.3, -0.25) is 4.98 Å². The maximum Gasteiger partial charge on any atom is 0.365 e. The van der Waals surface area contributed by atoms with Crippen LogP contribution < -0.4 is 10.5 Å². The molecule has 0 aliphatic carbocycles. The third-order valence-corrected chi connectivity index (χ3v) is 3.23. The van der Waals surface area contributed by atoms with Crippen LogP contribution in [0.2, 0.25) is 0 Å². The Hall–Kier alpha value is -3.41. The summed E-state index contributed by atoms with van der Waals surface area (Å²) in [4.78, 5) is 20.8. The van der Waals surface area contributed by atoms with Crippen LogP contribution in [0, 0.1) is 0 Å². The van der Waals surface area contributed by atoms with Gasteiger partial charge in [-0.25, -0.2) is 4.79 Å². The summed E-state index contributed by atoms with van der Waals surface area (Å²) < 4.78 is 5.61. The molecule has 120 valence electrons. The van der Waals surface area contributed by atoms with Crippen LogP contribution in [-0.4, -0.2) is 23.4 Å². The van der Waals surface area contributed by atoms with E-state index in [0.29, 0.717) is 11.3 Å². The van der Waals surface area contributed by atoms with Gasteiger partial charge in [0.1, 0.15) is 17.9 Å². The molecule has 0 unspecified atom stereocenters. The van der Waals surface area contributed by atoms with Crippen molar-refractivity contribution in [2.75, 3.05) is 6.61 Å². The Kier molecular flexibility index (Phi) is 4.67. The first-order valence-electron chi connectivity index (χ1n) is 7.29. The minimum atomic E-state index is -0.578. The van der Waals surface area contributed by atoms with E-state index in [0.717, 1.165) is 10.9 Å². The Morgan fingerprint density at radius 2 is 1.83 bits per heavy atom. The number of rotatable bonds is 5. The van der Waals surface area contributed by atoms with E-state index in [2.05, 4.69) is 10.1 Å². The summed E-state index contributed by atoms with van der Waals surface area (Å²) in [6, 6.07) is 17.9. The minimum absolute atomic E-state index is 0.0161. The monoisotopic (exact) mass is 321 g/mol. The molecule has 3 aromatic rings. The number of nitrogens with zero attached hydrogens (tertiary/aromatic N) is 2. The predicted molar refractivity (Wildman–Crippen MR) is 90.7 cm³/mol. The molecule has 2 N–H and O–H groups in total. The Balaban J connectivity index is 1.62. The van der Waals surface area contributed by atoms with Crippen molar-refractivity contribution < 1.29 is 14.4 Å². The second-order valence-corrected chi connectivity index (χ2v) is 4.95. The fourth-order valence-corrected chi connectivity index (χ4v) is 2.10. The lowest BCUT2D eigenvalue weighted by Crippen LogP contribution is -2.22. The molecular weight excluding hydrogens is 306 g/mol. The van der Waals surface area contributed by atoms with Gasteiger partial charge in [-0.15, -0.1) is 0 Å². The largest absolute Gasteiger partial charge is 0.483 e. The molecule has 0 aliphatic heterocycles. The van der Waals surface area contributed by atoms with Crippen LogP contribution in [0.25, 0.3) is 10.9 Å². The van der Waals surface area contributed by atoms with E-state index < -0.39 is 5.97 Å². The van der Waals surface area contributed by atoms with Gasteiger partial charge in [-0.2, -0.15) is 0 Å². The SMILES string of the molecule is NC(COc1cccc2cccnc12)=NOC(=O)c1ccccc1. The third-order valence-electron chi connectivity index (χ3n) is 3.23. The highest BCUT2D eigenvalue weighted by molar-refractivity contribution is 5.90. The lowest BCUT2D eigenvalue weighted by molar-refractivity contribution is 0.0513. The summed E-state index contributed by atoms with van der Waals surface area (Å²) in [6.07, 6.45) is 1.69. The van der Waals surface area contributed by atoms with E-state index in [1.165, 1.54) is 0 Å². The number of hydrogen-bond acceptors (Lipinski definition) is 5. The van der Waals surface area contributed by atoms with Gasteiger partial charge < -0.3 is 15.3 Å². The maximum absolute atomic E-state index is 11.8. The zero-order chi connectivity index (χ0) is 16.8. The zero-order valence-electron chi connectivity index (χ0n) is 12.8. The standard InChI is InChI=1S/C18H15N3O3/c19-16(21-24-18(22)14-6-2-1-3-7-14)12-23-15-10-4-8-13-9-5-11-20-17(13)15/h1-11H,12H2,(H2,19,21). The number of ether oxygens (including phenoxy) is 1. The van der Waals surface area contributed by atoms with E-state index >= 15 is 0 Å². The second kappa shape index (κ2) is 7.23. The number of nitrogens with two attached hydrogens (primary N) is 1. The number of benzene rings is 2. The van der Waals surface area contributed by atoms with E-state index in [9.17, 15) is 4.79 Å². The van der Waals surface area contributed by atoms with Crippen LogP contribution in [0.5, 0.6) is 5.75 Å². The Morgan fingerprint density at radius 1 is 1.04 bits per heavy atom. The van der Waals surface area contributed by atoms with Crippen molar-refractivity contribution in [2.24, 2.45) is 10.9 Å². The van der Waals surface area contributed by atoms with Crippen molar-refractivity contribution in [2.45, 2.75) is 0 Å². The number of para-hydroxylation sites is 1. The molecule has 1 heterocycles. The molecule has 0 fully saturated rings. The van der Waals surface area contributed by atoms with Crippen molar-refractivity contribution in [1.29, 1.82) is 0 Å². The van der Waals surface area contributed by atoms with Crippen LogP contribution >= 0.6 is 0 Å². The minimum Gasteiger partial charge on any atom is -0.483 e. The molecule has 24 heavy (non-hydrogen) atoms. The number of fused-ring (bicyclic) bond motifs is 1. The van der Waals surface area contributed by atoms with Crippen molar-refractivity contribution in [1.82, 2.24) is 4.98 Å². The van der Waals surface area contributed by atoms with Crippen LogP contribution in [0.15, 0.2) is 72.0 Å².